The number of nitrogens with one attached hydrogen (secondary N) is 1. The number of aromatic nitrogens is 2. The molecule has 120 valence electrons. The van der Waals surface area contributed by atoms with Gasteiger partial charge in [0.25, 0.3) is 5.91 Å². The van der Waals surface area contributed by atoms with Crippen LogP contribution < -0.4 is 0 Å². The lowest BCUT2D eigenvalue weighted by Gasteiger charge is -2.34. The highest BCUT2D eigenvalue weighted by molar-refractivity contribution is 5.92. The second-order valence-electron chi connectivity index (χ2n) is 5.45. The molecule has 1 aliphatic heterocycles. The minimum absolute atomic E-state index is 0.0909. The van der Waals surface area contributed by atoms with E-state index >= 15 is 0 Å². The van der Waals surface area contributed by atoms with E-state index in [-0.39, 0.29) is 17.4 Å². The van der Waals surface area contributed by atoms with E-state index in [0.29, 0.717) is 13.1 Å². The fourth-order valence-corrected chi connectivity index (χ4v) is 2.63. The first-order valence-corrected chi connectivity index (χ1v) is 7.39. The lowest BCUT2D eigenvalue weighted by Crippen LogP contribution is -2.48. The summed E-state index contributed by atoms with van der Waals surface area (Å²) in [5.41, 5.74) is 1.34. The highest BCUT2D eigenvalue weighted by atomic mass is 16.6. The average molecular weight is 315 g/mol. The first kappa shape index (κ1) is 15.2. The van der Waals surface area contributed by atoms with E-state index in [9.17, 15) is 14.9 Å². The van der Waals surface area contributed by atoms with Gasteiger partial charge >= 0.3 is 5.82 Å². The van der Waals surface area contributed by atoms with Crippen LogP contribution in [0, 0.1) is 10.1 Å². The summed E-state index contributed by atoms with van der Waals surface area (Å²) in [5, 5.41) is 16.6. The summed E-state index contributed by atoms with van der Waals surface area (Å²) in [7, 11) is 0. The Hall–Kier alpha value is -2.74. The summed E-state index contributed by atoms with van der Waals surface area (Å²) in [6.07, 6.45) is 0. The summed E-state index contributed by atoms with van der Waals surface area (Å²) in [6.45, 7) is 3.58. The van der Waals surface area contributed by atoms with Crippen molar-refractivity contribution in [2.75, 3.05) is 26.2 Å². The van der Waals surface area contributed by atoms with E-state index in [0.717, 1.165) is 19.6 Å². The molecule has 1 N–H and O–H groups in total. The number of rotatable bonds is 4. The molecule has 1 saturated heterocycles. The van der Waals surface area contributed by atoms with Crippen molar-refractivity contribution in [1.82, 2.24) is 20.0 Å². The Bertz CT molecular complexity index is 692. The number of hydrogen-bond donors (Lipinski definition) is 1. The standard InChI is InChI=1S/C15H17N5O3/c21-15(13-10-14(17-16-13)20(22)23)19-8-6-18(7-9-19)11-12-4-2-1-3-5-12/h1-5,10H,6-9,11H2,(H,16,17). The van der Waals surface area contributed by atoms with Crippen LogP contribution in [0.25, 0.3) is 0 Å². The van der Waals surface area contributed by atoms with Gasteiger partial charge in [-0.25, -0.2) is 0 Å². The van der Waals surface area contributed by atoms with E-state index in [1.54, 1.807) is 4.90 Å². The van der Waals surface area contributed by atoms with Crippen LogP contribution in [-0.4, -0.2) is 57.0 Å². The Morgan fingerprint density at radius 3 is 2.52 bits per heavy atom. The molecule has 0 aliphatic carbocycles. The molecule has 8 heteroatoms. The summed E-state index contributed by atoms with van der Waals surface area (Å²) < 4.78 is 0. The predicted octanol–water partition coefficient (Wildman–Crippen LogP) is 1.28. The third kappa shape index (κ3) is 3.54. The number of amides is 1. The molecule has 8 nitrogen and oxygen atoms in total. The predicted molar refractivity (Wildman–Crippen MR) is 82.9 cm³/mol. The lowest BCUT2D eigenvalue weighted by atomic mass is 10.2. The molecule has 2 heterocycles. The second-order valence-corrected chi connectivity index (χ2v) is 5.45. The number of H-pyrrole nitrogens is 1. The van der Waals surface area contributed by atoms with E-state index in [1.807, 2.05) is 18.2 Å². The fourth-order valence-electron chi connectivity index (χ4n) is 2.63. The van der Waals surface area contributed by atoms with Gasteiger partial charge < -0.3 is 15.0 Å². The van der Waals surface area contributed by atoms with Crippen molar-refractivity contribution in [3.63, 3.8) is 0 Å². The van der Waals surface area contributed by atoms with Crippen molar-refractivity contribution in [2.24, 2.45) is 0 Å². The van der Waals surface area contributed by atoms with Gasteiger partial charge in [0.05, 0.1) is 6.07 Å². The van der Waals surface area contributed by atoms with Crippen molar-refractivity contribution >= 4 is 11.7 Å². The third-order valence-electron chi connectivity index (χ3n) is 3.89. The van der Waals surface area contributed by atoms with Gasteiger partial charge in [-0.15, -0.1) is 5.10 Å². The Balaban J connectivity index is 1.55. The molecule has 2 aromatic rings. The van der Waals surface area contributed by atoms with Crippen molar-refractivity contribution < 1.29 is 9.72 Å². The maximum absolute atomic E-state index is 12.3. The number of nitrogens with zero attached hydrogens (tertiary/aromatic N) is 4. The number of nitro groups is 1. The molecule has 0 radical (unpaired) electrons. The molecule has 0 saturated carbocycles. The molecule has 0 unspecified atom stereocenters. The Labute approximate surface area is 132 Å². The van der Waals surface area contributed by atoms with Crippen molar-refractivity contribution in [3.8, 4) is 0 Å². The number of hydrogen-bond acceptors (Lipinski definition) is 5. The molecular weight excluding hydrogens is 298 g/mol. The van der Waals surface area contributed by atoms with Crippen LogP contribution in [0.1, 0.15) is 16.1 Å². The topological polar surface area (TPSA) is 95.4 Å². The van der Waals surface area contributed by atoms with Crippen LogP contribution in [0.4, 0.5) is 5.82 Å². The first-order valence-electron chi connectivity index (χ1n) is 7.39. The molecule has 0 bridgehead atoms. The Morgan fingerprint density at radius 2 is 1.91 bits per heavy atom. The molecular formula is C15H17N5O3. The number of piperazine rings is 1. The van der Waals surface area contributed by atoms with Crippen LogP contribution in [-0.2, 0) is 6.54 Å². The van der Waals surface area contributed by atoms with Crippen molar-refractivity contribution in [3.05, 3.63) is 57.8 Å². The summed E-state index contributed by atoms with van der Waals surface area (Å²) in [5.74, 6) is -0.537. The summed E-state index contributed by atoms with van der Waals surface area (Å²) in [4.78, 5) is 26.3. The molecule has 0 atom stereocenters. The van der Waals surface area contributed by atoms with Gasteiger partial charge in [0.2, 0.25) is 0 Å². The van der Waals surface area contributed by atoms with Gasteiger partial charge in [-0.3, -0.25) is 9.69 Å². The maximum atomic E-state index is 12.3. The van der Waals surface area contributed by atoms with Crippen LogP contribution in [0.2, 0.25) is 0 Å². The quantitative estimate of drug-likeness (QED) is 0.677. The highest BCUT2D eigenvalue weighted by Crippen LogP contribution is 2.13. The zero-order valence-corrected chi connectivity index (χ0v) is 12.5. The molecule has 1 fully saturated rings. The first-order chi connectivity index (χ1) is 11.1. The van der Waals surface area contributed by atoms with Crippen LogP contribution in [0.5, 0.6) is 0 Å². The van der Waals surface area contributed by atoms with Gasteiger partial charge in [0, 0.05) is 32.7 Å². The number of benzene rings is 1. The smallest absolute Gasteiger partial charge is 0.343 e. The van der Waals surface area contributed by atoms with Crippen molar-refractivity contribution in [2.45, 2.75) is 6.54 Å². The minimum atomic E-state index is -0.596. The van der Waals surface area contributed by atoms with E-state index in [2.05, 4.69) is 27.2 Å². The Kier molecular flexibility index (Phi) is 4.33. The van der Waals surface area contributed by atoms with E-state index in [1.165, 1.54) is 11.6 Å². The van der Waals surface area contributed by atoms with E-state index in [4.69, 9.17) is 0 Å². The normalized spacial score (nSPS) is 15.6. The fraction of sp³-hybridized carbons (Fsp3) is 0.333. The molecule has 1 aliphatic rings. The van der Waals surface area contributed by atoms with Gasteiger partial charge in [-0.05, 0) is 10.5 Å². The number of carbonyl (C=O) groups is 1. The van der Waals surface area contributed by atoms with Crippen LogP contribution in [0.3, 0.4) is 0 Å². The highest BCUT2D eigenvalue weighted by Gasteiger charge is 2.25. The number of aromatic amines is 1. The van der Waals surface area contributed by atoms with E-state index < -0.39 is 4.92 Å². The van der Waals surface area contributed by atoms with Crippen molar-refractivity contribution in [1.29, 1.82) is 0 Å². The maximum Gasteiger partial charge on any atom is 0.343 e. The molecule has 1 aromatic heterocycles. The molecule has 3 rings (SSSR count). The third-order valence-corrected chi connectivity index (χ3v) is 3.89. The SMILES string of the molecule is O=C(c1cc([N+](=O)[O-])[nH]n1)N1CCN(Cc2ccccc2)CC1. The summed E-state index contributed by atoms with van der Waals surface area (Å²) in [6, 6.07) is 11.4. The largest absolute Gasteiger partial charge is 0.358 e. The van der Waals surface area contributed by atoms with Gasteiger partial charge in [0.1, 0.15) is 0 Å². The van der Waals surface area contributed by atoms with Crippen LogP contribution >= 0.6 is 0 Å². The molecule has 1 aromatic carbocycles. The summed E-state index contributed by atoms with van der Waals surface area (Å²) >= 11 is 0. The molecule has 0 spiro atoms. The lowest BCUT2D eigenvalue weighted by molar-refractivity contribution is -0.389. The van der Waals surface area contributed by atoms with Gasteiger partial charge in [-0.2, -0.15) is 0 Å². The van der Waals surface area contributed by atoms with Gasteiger partial charge in [0.15, 0.2) is 5.69 Å². The molecule has 1 amide bonds. The second kappa shape index (κ2) is 6.57. The average Bonchev–Trinajstić information content (AvgIpc) is 3.06. The minimum Gasteiger partial charge on any atom is -0.358 e. The van der Waals surface area contributed by atoms with Crippen LogP contribution in [0.15, 0.2) is 36.4 Å². The number of carbonyl (C=O) groups excluding carboxylic acids is 1. The molecule has 23 heavy (non-hydrogen) atoms. The van der Waals surface area contributed by atoms with Gasteiger partial charge in [-0.1, -0.05) is 35.4 Å². The zero-order valence-electron chi connectivity index (χ0n) is 12.5. The zero-order chi connectivity index (χ0) is 16.2. The Morgan fingerprint density at radius 1 is 1.22 bits per heavy atom. The monoisotopic (exact) mass is 315 g/mol.